The summed E-state index contributed by atoms with van der Waals surface area (Å²) in [5.41, 5.74) is 1.13. The number of hydrogen-bond acceptors (Lipinski definition) is 7. The molecule has 0 bridgehead atoms. The Kier molecular flexibility index (Phi) is 11.5. The van der Waals surface area contributed by atoms with Crippen molar-refractivity contribution in [1.29, 1.82) is 5.26 Å². The molecule has 0 radical (unpaired) electrons. The van der Waals surface area contributed by atoms with Crippen molar-refractivity contribution < 1.29 is 32.2 Å². The van der Waals surface area contributed by atoms with Crippen molar-refractivity contribution in [2.75, 3.05) is 37.8 Å². The zero-order valence-corrected chi connectivity index (χ0v) is 29.5. The van der Waals surface area contributed by atoms with Crippen LogP contribution in [0.3, 0.4) is 0 Å². The summed E-state index contributed by atoms with van der Waals surface area (Å²) in [5, 5.41) is 9.92. The summed E-state index contributed by atoms with van der Waals surface area (Å²) in [7, 11) is -1.24. The number of nitrogens with zero attached hydrogens (tertiary/aromatic N) is 6. The molecule has 0 saturated heterocycles. The second kappa shape index (κ2) is 14.8. The first-order valence-electron chi connectivity index (χ1n) is 16.5. The fourth-order valence-corrected chi connectivity index (χ4v) is 7.00. The lowest BCUT2D eigenvalue weighted by Gasteiger charge is -2.45. The van der Waals surface area contributed by atoms with Crippen molar-refractivity contribution in [3.05, 3.63) is 24.0 Å². The number of rotatable bonds is 12. The minimum Gasteiger partial charge on any atom is -0.444 e. The van der Waals surface area contributed by atoms with Gasteiger partial charge in [-0.15, -0.1) is 0 Å². The lowest BCUT2D eigenvalue weighted by Crippen LogP contribution is -2.52. The minimum atomic E-state index is -4.54. The smallest absolute Gasteiger partial charge is 0.410 e. The molecule has 0 aromatic carbocycles. The molecule has 0 spiro atoms. The predicted octanol–water partition coefficient (Wildman–Crippen LogP) is 7.23. The van der Waals surface area contributed by atoms with Crippen LogP contribution in [0.15, 0.2) is 18.5 Å². The molecule has 2 aromatic rings. The Labute approximate surface area is 276 Å². The second-order valence-corrected chi connectivity index (χ2v) is 20.6. The fraction of sp³-hybridized carbons (Fsp3) is 0.697. The molecule has 10 nitrogen and oxygen atoms in total. The zero-order chi connectivity index (χ0) is 34.6. The molecular formula is C33H49F3N6O4Si. The van der Waals surface area contributed by atoms with Gasteiger partial charge in [-0.1, -0.05) is 19.6 Å². The molecule has 1 saturated carbocycles. The van der Waals surface area contributed by atoms with Gasteiger partial charge in [0.05, 0.1) is 24.0 Å². The lowest BCUT2D eigenvalue weighted by molar-refractivity contribution is -0.146. The Bertz CT molecular complexity index is 1440. The highest BCUT2D eigenvalue weighted by molar-refractivity contribution is 6.76. The van der Waals surface area contributed by atoms with Gasteiger partial charge in [0.25, 0.3) is 5.91 Å². The molecule has 1 fully saturated rings. The van der Waals surface area contributed by atoms with E-state index in [2.05, 4.69) is 35.6 Å². The molecule has 0 N–H and O–H groups in total. The van der Waals surface area contributed by atoms with Gasteiger partial charge in [0.1, 0.15) is 24.5 Å². The van der Waals surface area contributed by atoms with Crippen LogP contribution in [0.2, 0.25) is 25.7 Å². The highest BCUT2D eigenvalue weighted by Gasteiger charge is 2.39. The average molecular weight is 679 g/mol. The summed E-state index contributed by atoms with van der Waals surface area (Å²) in [6.45, 7) is 12.2. The summed E-state index contributed by atoms with van der Waals surface area (Å²) in [5.74, 6) is -0.248. The Balaban J connectivity index is 1.54. The van der Waals surface area contributed by atoms with Crippen LogP contribution in [0.25, 0.3) is 11.0 Å². The van der Waals surface area contributed by atoms with Crippen molar-refractivity contribution in [3.63, 3.8) is 0 Å². The fourth-order valence-electron chi connectivity index (χ4n) is 6.24. The van der Waals surface area contributed by atoms with Gasteiger partial charge >= 0.3 is 12.3 Å². The van der Waals surface area contributed by atoms with E-state index in [1.165, 1.54) is 0 Å². The SMILES string of the molecule is CC(C)(C)OC(=O)N(CC1CCC(N2CN(CCCC#N)C(=O)c3cnc4c(ccn4COCC[Si](C)(C)C)c32)CC1)CC(F)(F)F. The van der Waals surface area contributed by atoms with Gasteiger partial charge < -0.3 is 23.8 Å². The van der Waals surface area contributed by atoms with E-state index in [0.717, 1.165) is 27.7 Å². The van der Waals surface area contributed by atoms with Crippen molar-refractivity contribution in [1.82, 2.24) is 19.4 Å². The molecule has 4 rings (SSSR count). The number of aromatic nitrogens is 2. The van der Waals surface area contributed by atoms with E-state index in [1.54, 1.807) is 31.9 Å². The Morgan fingerprint density at radius 3 is 2.49 bits per heavy atom. The molecule has 47 heavy (non-hydrogen) atoms. The monoisotopic (exact) mass is 678 g/mol. The molecule has 1 aliphatic heterocycles. The largest absolute Gasteiger partial charge is 0.444 e. The van der Waals surface area contributed by atoms with Gasteiger partial charge in [0.15, 0.2) is 0 Å². The number of anilines is 1. The van der Waals surface area contributed by atoms with Crippen molar-refractivity contribution in [2.45, 2.75) is 110 Å². The van der Waals surface area contributed by atoms with E-state index >= 15 is 0 Å². The summed E-state index contributed by atoms with van der Waals surface area (Å²) >= 11 is 0. The Hall–Kier alpha value is -3.31. The number of fused-ring (bicyclic) bond motifs is 3. The van der Waals surface area contributed by atoms with E-state index in [0.29, 0.717) is 70.6 Å². The highest BCUT2D eigenvalue weighted by atomic mass is 28.3. The number of carbonyl (C=O) groups is 2. The maximum Gasteiger partial charge on any atom is 0.410 e. The normalized spacial score (nSPS) is 19.1. The third kappa shape index (κ3) is 10.1. The van der Waals surface area contributed by atoms with Gasteiger partial charge in [-0.2, -0.15) is 18.4 Å². The van der Waals surface area contributed by atoms with Crippen LogP contribution in [0.4, 0.5) is 23.7 Å². The summed E-state index contributed by atoms with van der Waals surface area (Å²) in [6.07, 6.45) is 1.56. The molecule has 0 unspecified atom stereocenters. The van der Waals surface area contributed by atoms with E-state index in [9.17, 15) is 22.8 Å². The zero-order valence-electron chi connectivity index (χ0n) is 28.5. The van der Waals surface area contributed by atoms with E-state index < -0.39 is 32.5 Å². The first kappa shape index (κ1) is 36.5. The number of ether oxygens (including phenoxy) is 2. The van der Waals surface area contributed by atoms with Gasteiger partial charge in [-0.05, 0) is 70.9 Å². The third-order valence-corrected chi connectivity index (χ3v) is 10.3. The first-order valence-corrected chi connectivity index (χ1v) is 20.2. The molecule has 14 heteroatoms. The number of nitriles is 1. The molecule has 1 aliphatic carbocycles. The molecule has 3 heterocycles. The molecule has 2 amide bonds. The Morgan fingerprint density at radius 2 is 1.87 bits per heavy atom. The van der Waals surface area contributed by atoms with Crippen LogP contribution in [0, 0.1) is 17.2 Å². The van der Waals surface area contributed by atoms with Gasteiger partial charge in [0.2, 0.25) is 0 Å². The standard InChI is InChI=1S/C33H49F3N6O4Si/c1-32(2,3)46-31(44)41(21-33(34,35)36)20-24-9-11-25(12-10-24)42-22-39(15-8-7-14-37)30(43)27-19-38-29-26(28(27)42)13-16-40(29)23-45-17-18-47(4,5)6/h13,16,19,24-25H,7-12,15,17-18,20-23H2,1-6H3. The van der Waals surface area contributed by atoms with E-state index in [4.69, 9.17) is 14.7 Å². The molecule has 260 valence electrons. The molecule has 0 atom stereocenters. The minimum absolute atomic E-state index is 0.0242. The number of carbonyl (C=O) groups excluding carboxylic acids is 2. The van der Waals surface area contributed by atoms with Crippen LogP contribution in [0.1, 0.15) is 69.7 Å². The summed E-state index contributed by atoms with van der Waals surface area (Å²) in [4.78, 5) is 35.8. The average Bonchev–Trinajstić information content (AvgIpc) is 3.38. The number of pyridine rings is 1. The summed E-state index contributed by atoms with van der Waals surface area (Å²) in [6, 6.07) is 5.18. The molecule has 2 aliphatic rings. The number of amides is 2. The number of halogens is 3. The number of unbranched alkanes of at least 4 members (excludes halogenated alkanes) is 1. The maximum absolute atomic E-state index is 13.7. The third-order valence-electron chi connectivity index (χ3n) is 8.59. The van der Waals surface area contributed by atoms with Crippen LogP contribution in [0.5, 0.6) is 0 Å². The number of alkyl halides is 3. The van der Waals surface area contributed by atoms with Gasteiger partial charge in [0, 0.05) is 58.0 Å². The first-order chi connectivity index (χ1) is 22.0. The number of hydrogen-bond donors (Lipinski definition) is 0. The van der Waals surface area contributed by atoms with Crippen LogP contribution >= 0.6 is 0 Å². The quantitative estimate of drug-likeness (QED) is 0.172. The van der Waals surface area contributed by atoms with Crippen LogP contribution < -0.4 is 4.90 Å². The van der Waals surface area contributed by atoms with Crippen molar-refractivity contribution in [2.24, 2.45) is 5.92 Å². The highest BCUT2D eigenvalue weighted by Crippen LogP contribution is 2.40. The second-order valence-electron chi connectivity index (χ2n) is 15.0. The van der Waals surface area contributed by atoms with Crippen molar-refractivity contribution in [3.8, 4) is 6.07 Å². The predicted molar refractivity (Wildman–Crippen MR) is 177 cm³/mol. The van der Waals surface area contributed by atoms with E-state index in [1.807, 2.05) is 16.8 Å². The Morgan fingerprint density at radius 1 is 1.17 bits per heavy atom. The van der Waals surface area contributed by atoms with Gasteiger partial charge in [-0.25, -0.2) is 9.78 Å². The van der Waals surface area contributed by atoms with Gasteiger partial charge in [-0.3, -0.25) is 9.69 Å². The molecule has 2 aromatic heterocycles. The van der Waals surface area contributed by atoms with E-state index in [-0.39, 0.29) is 24.4 Å². The summed E-state index contributed by atoms with van der Waals surface area (Å²) < 4.78 is 53.5. The molecular weight excluding hydrogens is 629 g/mol. The topological polar surface area (TPSA) is 104 Å². The lowest BCUT2D eigenvalue weighted by atomic mass is 9.84. The van der Waals surface area contributed by atoms with Crippen LogP contribution in [-0.4, -0.2) is 90.2 Å². The van der Waals surface area contributed by atoms with Crippen molar-refractivity contribution >= 4 is 36.8 Å². The van der Waals surface area contributed by atoms with Crippen LogP contribution in [-0.2, 0) is 16.2 Å². The maximum atomic E-state index is 13.7.